The van der Waals surface area contributed by atoms with Crippen LogP contribution in [0.4, 0.5) is 4.79 Å². The molecule has 11 heteroatoms. The number of nitrogens with zero attached hydrogens (tertiary/aromatic N) is 4. The highest BCUT2D eigenvalue weighted by atomic mass is 16.6. The second-order valence-electron chi connectivity index (χ2n) is 13.6. The van der Waals surface area contributed by atoms with Gasteiger partial charge in [0.05, 0.1) is 36.3 Å². The van der Waals surface area contributed by atoms with Gasteiger partial charge in [-0.15, -0.1) is 0 Å². The van der Waals surface area contributed by atoms with Crippen LogP contribution in [0.5, 0.6) is 5.88 Å². The van der Waals surface area contributed by atoms with Crippen LogP contribution in [-0.2, 0) is 25.5 Å². The number of methoxy groups -OCH3 is 1. The Kier molecular flexibility index (Phi) is 8.30. The van der Waals surface area contributed by atoms with Crippen LogP contribution in [0, 0.1) is 46.3 Å². The monoisotopic (exact) mass is 613 g/mol. The van der Waals surface area contributed by atoms with Crippen LogP contribution in [-0.4, -0.2) is 70.8 Å². The summed E-state index contributed by atoms with van der Waals surface area (Å²) in [5.74, 6) is 6.45. The molecule has 45 heavy (non-hydrogen) atoms. The number of benzene rings is 1. The summed E-state index contributed by atoms with van der Waals surface area (Å²) in [4.78, 5) is 51.5. The molecule has 2 aromatic rings. The third-order valence-corrected chi connectivity index (χ3v) is 9.50. The van der Waals surface area contributed by atoms with E-state index in [-0.39, 0.29) is 36.8 Å². The summed E-state index contributed by atoms with van der Waals surface area (Å²) in [7, 11) is 1.28. The van der Waals surface area contributed by atoms with Gasteiger partial charge in [0.25, 0.3) is 0 Å². The number of amides is 2. The lowest BCUT2D eigenvalue weighted by atomic mass is 9.81. The highest BCUT2D eigenvalue weighted by molar-refractivity contribution is 5.91. The highest BCUT2D eigenvalue weighted by Gasteiger charge is 2.49. The number of hydrogen-bond acceptors (Lipinski definition) is 9. The van der Waals surface area contributed by atoms with E-state index in [9.17, 15) is 19.6 Å². The van der Waals surface area contributed by atoms with Gasteiger partial charge in [-0.2, -0.15) is 5.26 Å². The van der Waals surface area contributed by atoms with Gasteiger partial charge in [0.15, 0.2) is 0 Å². The Balaban J connectivity index is 1.35. The minimum atomic E-state index is -0.969. The summed E-state index contributed by atoms with van der Waals surface area (Å²) in [6.45, 7) is 5.67. The van der Waals surface area contributed by atoms with Crippen LogP contribution < -0.4 is 10.1 Å². The molecule has 4 aliphatic rings. The van der Waals surface area contributed by atoms with Crippen LogP contribution in [0.1, 0.15) is 70.6 Å². The second-order valence-corrected chi connectivity index (χ2v) is 13.6. The van der Waals surface area contributed by atoms with Crippen molar-refractivity contribution in [3.63, 3.8) is 0 Å². The van der Waals surface area contributed by atoms with E-state index in [1.807, 2.05) is 20.8 Å². The maximum Gasteiger partial charge on any atom is 0.408 e. The zero-order valence-electron chi connectivity index (χ0n) is 26.2. The van der Waals surface area contributed by atoms with Crippen LogP contribution in [0.25, 0.3) is 11.0 Å². The van der Waals surface area contributed by atoms with Crippen LogP contribution >= 0.6 is 0 Å². The average molecular weight is 614 g/mol. The predicted molar refractivity (Wildman–Crippen MR) is 162 cm³/mol. The van der Waals surface area contributed by atoms with Crippen LogP contribution in [0.2, 0.25) is 0 Å². The average Bonchev–Trinajstić information content (AvgIpc) is 3.51. The molecular weight excluding hydrogens is 574 g/mol. The molecule has 6 rings (SSSR count). The van der Waals surface area contributed by atoms with E-state index >= 15 is 0 Å². The Morgan fingerprint density at radius 2 is 1.93 bits per heavy atom. The number of alkyl carbamates (subject to hydrolysis) is 1. The highest BCUT2D eigenvalue weighted by Crippen LogP contribution is 2.45. The minimum absolute atomic E-state index is 0.0880. The molecule has 236 valence electrons. The number of nitrogens with one attached hydrogen (secondary N) is 1. The van der Waals surface area contributed by atoms with E-state index in [1.165, 1.54) is 12.0 Å². The van der Waals surface area contributed by atoms with Gasteiger partial charge in [0, 0.05) is 24.2 Å². The lowest BCUT2D eigenvalue weighted by Crippen LogP contribution is -2.57. The smallest absolute Gasteiger partial charge is 0.408 e. The van der Waals surface area contributed by atoms with Crippen molar-refractivity contribution in [2.75, 3.05) is 13.7 Å². The standard InChI is InChI=1S/C34H39N5O6/c1-34(2,3)29-31(40)39-18-21(16-27(39)32(41)43-4)44-30-25(36-24-13-10-19(17-35)14-26(24)37-30)9-7-5-6-8-23-22-12-11-20(22)15-28(23)45-33(42)38-29/h10,13-14,20-23,27-29H,5-9,15-16,18H2,1-4H3,(H,38,42). The zero-order chi connectivity index (χ0) is 31.9. The normalized spacial score (nSPS) is 29.9. The first-order valence-corrected chi connectivity index (χ1v) is 15.8. The Morgan fingerprint density at radius 1 is 1.11 bits per heavy atom. The van der Waals surface area contributed by atoms with Gasteiger partial charge >= 0.3 is 12.1 Å². The number of rotatable bonds is 1. The molecule has 2 aliphatic heterocycles. The van der Waals surface area contributed by atoms with Gasteiger partial charge in [-0.1, -0.05) is 45.5 Å². The Bertz CT molecular complexity index is 1620. The fourth-order valence-electron chi connectivity index (χ4n) is 7.06. The van der Waals surface area contributed by atoms with Crippen molar-refractivity contribution >= 4 is 29.0 Å². The summed E-state index contributed by atoms with van der Waals surface area (Å²) in [5.41, 5.74) is 1.66. The number of aryl methyl sites for hydroxylation is 1. The number of carbonyl (C=O) groups excluding carboxylic acids is 3. The second kappa shape index (κ2) is 12.2. The minimum Gasteiger partial charge on any atom is -0.471 e. The third-order valence-electron chi connectivity index (χ3n) is 9.50. The van der Waals surface area contributed by atoms with Crippen LogP contribution in [0.15, 0.2) is 18.2 Å². The van der Waals surface area contributed by atoms with E-state index in [0.717, 1.165) is 25.7 Å². The predicted octanol–water partition coefficient (Wildman–Crippen LogP) is 3.92. The van der Waals surface area contributed by atoms with E-state index in [4.69, 9.17) is 24.2 Å². The molecule has 7 unspecified atom stereocenters. The Hall–Kier alpha value is -4.38. The van der Waals surface area contributed by atoms with Crippen molar-refractivity contribution < 1.29 is 28.6 Å². The first kappa shape index (κ1) is 30.6. The van der Waals surface area contributed by atoms with Crippen molar-refractivity contribution in [1.82, 2.24) is 20.2 Å². The summed E-state index contributed by atoms with van der Waals surface area (Å²) >= 11 is 0. The molecule has 7 atom stereocenters. The molecule has 2 fully saturated rings. The van der Waals surface area contributed by atoms with Crippen molar-refractivity contribution in [2.45, 2.75) is 90.0 Å². The van der Waals surface area contributed by atoms with Crippen molar-refractivity contribution in [1.29, 1.82) is 5.26 Å². The maximum absolute atomic E-state index is 14.2. The van der Waals surface area contributed by atoms with E-state index in [2.05, 4.69) is 23.2 Å². The maximum atomic E-state index is 14.2. The SMILES string of the molecule is COC(=O)C1CC2CN1C(=O)C(C(C)(C)C)NC(=O)OC1CC3C#CC3C1CCCCCc1nc3ccc(C#N)cc3nc1O2. The molecule has 11 nitrogen and oxygen atoms in total. The van der Waals surface area contributed by atoms with Crippen molar-refractivity contribution in [3.8, 4) is 23.8 Å². The number of aromatic nitrogens is 2. The molecule has 0 spiro atoms. The molecule has 2 bridgehead atoms. The Labute approximate surface area is 263 Å². The molecule has 1 saturated carbocycles. The van der Waals surface area contributed by atoms with Gasteiger partial charge in [-0.25, -0.2) is 19.6 Å². The molecule has 3 heterocycles. The van der Waals surface area contributed by atoms with Gasteiger partial charge in [0.1, 0.15) is 30.0 Å². The summed E-state index contributed by atoms with van der Waals surface area (Å²) in [5, 5.41) is 12.3. The van der Waals surface area contributed by atoms with E-state index < -0.39 is 41.6 Å². The number of nitriles is 1. The molecule has 1 aromatic carbocycles. The topological polar surface area (TPSA) is 144 Å². The van der Waals surface area contributed by atoms with Gasteiger partial charge in [0.2, 0.25) is 11.8 Å². The number of ether oxygens (including phenoxy) is 3. The summed E-state index contributed by atoms with van der Waals surface area (Å²) < 4.78 is 17.5. The molecule has 1 N–H and O–H groups in total. The molecular formula is C34H39N5O6. The van der Waals surface area contributed by atoms with E-state index in [1.54, 1.807) is 18.2 Å². The molecule has 1 saturated heterocycles. The van der Waals surface area contributed by atoms with Gasteiger partial charge in [-0.3, -0.25) is 4.79 Å². The first-order chi connectivity index (χ1) is 21.5. The fourth-order valence-corrected chi connectivity index (χ4v) is 7.06. The first-order valence-electron chi connectivity index (χ1n) is 15.8. The van der Waals surface area contributed by atoms with Crippen molar-refractivity contribution in [3.05, 3.63) is 29.5 Å². The lowest BCUT2D eigenvalue weighted by molar-refractivity contribution is -0.152. The summed E-state index contributed by atoms with van der Waals surface area (Å²) in [6.07, 6.45) is 3.61. The van der Waals surface area contributed by atoms with Gasteiger partial charge < -0.3 is 24.4 Å². The quantitative estimate of drug-likeness (QED) is 0.374. The third kappa shape index (κ3) is 6.13. The van der Waals surface area contributed by atoms with Gasteiger partial charge in [-0.05, 0) is 49.3 Å². The van der Waals surface area contributed by atoms with Crippen molar-refractivity contribution in [2.24, 2.45) is 23.2 Å². The number of carbonyl (C=O) groups is 3. The Morgan fingerprint density at radius 3 is 2.64 bits per heavy atom. The van der Waals surface area contributed by atoms with E-state index in [0.29, 0.717) is 41.0 Å². The molecule has 1 aromatic heterocycles. The number of esters is 1. The number of hydrogen-bond donors (Lipinski definition) is 1. The number of fused-ring (bicyclic) bond motifs is 7. The zero-order valence-corrected chi connectivity index (χ0v) is 26.2. The molecule has 2 aliphatic carbocycles. The molecule has 0 radical (unpaired) electrons. The largest absolute Gasteiger partial charge is 0.471 e. The molecule has 2 amide bonds. The fraction of sp³-hybridized carbons (Fsp3) is 0.588. The van der Waals surface area contributed by atoms with Crippen LogP contribution in [0.3, 0.4) is 0 Å². The summed E-state index contributed by atoms with van der Waals surface area (Å²) in [6, 6.07) is 5.43. The lowest BCUT2D eigenvalue weighted by Gasteiger charge is -2.35.